The smallest absolute Gasteiger partial charge is 0.255 e. The molecule has 1 unspecified atom stereocenters. The Morgan fingerprint density at radius 1 is 1.12 bits per heavy atom. The number of methoxy groups -OCH3 is 1. The van der Waals surface area contributed by atoms with Crippen LogP contribution in [0.1, 0.15) is 53.5 Å². The summed E-state index contributed by atoms with van der Waals surface area (Å²) in [4.78, 5) is 30.0. The molecule has 7 nitrogen and oxygen atoms in total. The van der Waals surface area contributed by atoms with E-state index in [-0.39, 0.29) is 30.0 Å². The minimum Gasteiger partial charge on any atom is -0.385 e. The van der Waals surface area contributed by atoms with Gasteiger partial charge < -0.3 is 15.8 Å². The summed E-state index contributed by atoms with van der Waals surface area (Å²) in [6, 6.07) is 18.4. The summed E-state index contributed by atoms with van der Waals surface area (Å²) >= 11 is 0. The highest BCUT2D eigenvalue weighted by atomic mass is 16.5. The Morgan fingerprint density at radius 2 is 1.88 bits per heavy atom. The highest BCUT2D eigenvalue weighted by molar-refractivity contribution is 5.94. The lowest BCUT2D eigenvalue weighted by atomic mass is 10.0. The number of nitrogens with two attached hydrogens (primary N) is 1. The third-order valence-electron chi connectivity index (χ3n) is 5.36. The van der Waals surface area contributed by atoms with Crippen molar-refractivity contribution in [3.05, 3.63) is 93.4 Å². The summed E-state index contributed by atoms with van der Waals surface area (Å²) in [7, 11) is 1.64. The Balaban J connectivity index is 1.77. The molecule has 0 aliphatic carbocycles. The minimum absolute atomic E-state index is 0.168. The van der Waals surface area contributed by atoms with Crippen LogP contribution in [0.2, 0.25) is 0 Å². The van der Waals surface area contributed by atoms with E-state index in [9.17, 15) is 9.59 Å². The molecule has 0 saturated carbocycles. The van der Waals surface area contributed by atoms with E-state index < -0.39 is 0 Å². The molecule has 0 fully saturated rings. The van der Waals surface area contributed by atoms with Crippen LogP contribution in [-0.2, 0) is 17.7 Å². The number of nitrogen functional groups attached to an aromatic ring is 1. The number of nitrogens with one attached hydrogen (secondary N) is 1. The molecule has 0 spiro atoms. The number of rotatable bonds is 10. The van der Waals surface area contributed by atoms with Gasteiger partial charge in [0.15, 0.2) is 0 Å². The van der Waals surface area contributed by atoms with E-state index >= 15 is 0 Å². The van der Waals surface area contributed by atoms with Crippen LogP contribution in [0.15, 0.2) is 65.5 Å². The molecular formula is C26H32N4O3. The van der Waals surface area contributed by atoms with Crippen molar-refractivity contribution >= 4 is 11.9 Å². The van der Waals surface area contributed by atoms with Gasteiger partial charge in [-0.25, -0.2) is 4.98 Å². The second-order valence-corrected chi connectivity index (χ2v) is 8.55. The van der Waals surface area contributed by atoms with Crippen molar-refractivity contribution in [2.45, 2.75) is 39.3 Å². The van der Waals surface area contributed by atoms with Gasteiger partial charge in [0.05, 0.1) is 18.3 Å². The van der Waals surface area contributed by atoms with Crippen LogP contribution < -0.4 is 16.6 Å². The molecule has 3 rings (SSSR count). The van der Waals surface area contributed by atoms with Crippen LogP contribution in [-0.4, -0.2) is 29.2 Å². The number of aromatic nitrogens is 2. The van der Waals surface area contributed by atoms with Gasteiger partial charge in [-0.15, -0.1) is 0 Å². The average molecular weight is 449 g/mol. The number of hydrogen-bond acceptors (Lipinski definition) is 5. The monoisotopic (exact) mass is 448 g/mol. The van der Waals surface area contributed by atoms with Crippen LogP contribution in [0.5, 0.6) is 0 Å². The topological polar surface area (TPSA) is 99.2 Å². The van der Waals surface area contributed by atoms with Crippen LogP contribution in [0.3, 0.4) is 0 Å². The Hall–Kier alpha value is -3.45. The first-order valence-electron chi connectivity index (χ1n) is 11.2. The molecule has 0 radical (unpaired) electrons. The van der Waals surface area contributed by atoms with Crippen molar-refractivity contribution in [2.24, 2.45) is 5.92 Å². The van der Waals surface area contributed by atoms with E-state index in [0.717, 1.165) is 11.1 Å². The van der Waals surface area contributed by atoms with E-state index in [4.69, 9.17) is 10.5 Å². The van der Waals surface area contributed by atoms with E-state index in [1.54, 1.807) is 25.3 Å². The van der Waals surface area contributed by atoms with Crippen molar-refractivity contribution in [3.63, 3.8) is 0 Å². The molecule has 174 valence electrons. The van der Waals surface area contributed by atoms with Crippen molar-refractivity contribution < 1.29 is 9.53 Å². The fourth-order valence-corrected chi connectivity index (χ4v) is 3.73. The fraction of sp³-hybridized carbons (Fsp3) is 0.346. The number of nitrogens with zero attached hydrogens (tertiary/aromatic N) is 2. The number of ether oxygens (including phenoxy) is 1. The Bertz CT molecular complexity index is 1130. The van der Waals surface area contributed by atoms with E-state index in [2.05, 4.69) is 24.1 Å². The van der Waals surface area contributed by atoms with Gasteiger partial charge in [-0.1, -0.05) is 56.3 Å². The van der Waals surface area contributed by atoms with E-state index in [1.165, 1.54) is 10.6 Å². The first-order valence-corrected chi connectivity index (χ1v) is 11.2. The van der Waals surface area contributed by atoms with Gasteiger partial charge in [0.25, 0.3) is 11.5 Å². The molecule has 1 aromatic heterocycles. The zero-order chi connectivity index (χ0) is 23.8. The molecule has 1 heterocycles. The summed E-state index contributed by atoms with van der Waals surface area (Å²) in [6.07, 6.45) is 1.36. The van der Waals surface area contributed by atoms with Crippen molar-refractivity contribution in [1.29, 1.82) is 0 Å². The lowest BCUT2D eigenvalue weighted by Crippen LogP contribution is -2.29. The highest BCUT2D eigenvalue weighted by Gasteiger charge is 2.16. The predicted octanol–water partition coefficient (Wildman–Crippen LogP) is 3.58. The maximum absolute atomic E-state index is 13.0. The molecule has 0 aliphatic rings. The number of benzene rings is 2. The quantitative estimate of drug-likeness (QED) is 0.494. The number of amides is 1. The summed E-state index contributed by atoms with van der Waals surface area (Å²) in [5.41, 5.74) is 8.91. The molecular weight excluding hydrogens is 416 g/mol. The van der Waals surface area contributed by atoms with Gasteiger partial charge in [0.1, 0.15) is 0 Å². The Labute approximate surface area is 194 Å². The maximum Gasteiger partial charge on any atom is 0.255 e. The molecule has 1 atom stereocenters. The van der Waals surface area contributed by atoms with Crippen molar-refractivity contribution in [2.75, 3.05) is 19.5 Å². The first kappa shape index (κ1) is 24.2. The van der Waals surface area contributed by atoms with Crippen molar-refractivity contribution in [1.82, 2.24) is 14.9 Å². The normalized spacial score (nSPS) is 12.0. The van der Waals surface area contributed by atoms with Gasteiger partial charge in [0, 0.05) is 25.3 Å². The maximum atomic E-state index is 13.0. The predicted molar refractivity (Wildman–Crippen MR) is 130 cm³/mol. The van der Waals surface area contributed by atoms with Crippen LogP contribution in [0, 0.1) is 5.92 Å². The van der Waals surface area contributed by atoms with Gasteiger partial charge in [0.2, 0.25) is 5.95 Å². The lowest BCUT2D eigenvalue weighted by Gasteiger charge is -2.19. The highest BCUT2D eigenvalue weighted by Crippen LogP contribution is 2.18. The van der Waals surface area contributed by atoms with Crippen LogP contribution >= 0.6 is 0 Å². The molecule has 0 bridgehead atoms. The zero-order valence-corrected chi connectivity index (χ0v) is 19.5. The molecule has 3 aromatic rings. The van der Waals surface area contributed by atoms with E-state index in [1.807, 2.05) is 36.4 Å². The molecule has 1 amide bonds. The molecule has 0 aliphatic heterocycles. The standard InChI is InChI=1S/C26H32N4O3/c1-18(2)14-22-16-24(31)30(26(27)28-22)17-19-8-7-11-21(15-19)25(32)29-23(12-13-33-3)20-9-5-4-6-10-20/h4-11,15-16,18,23H,12-14,17H2,1-3H3,(H2,27,28)(H,29,32). The largest absolute Gasteiger partial charge is 0.385 e. The van der Waals surface area contributed by atoms with Crippen LogP contribution in [0.4, 0.5) is 5.95 Å². The summed E-state index contributed by atoms with van der Waals surface area (Å²) in [6.45, 7) is 4.91. The molecule has 7 heteroatoms. The van der Waals surface area contributed by atoms with Crippen LogP contribution in [0.25, 0.3) is 0 Å². The number of anilines is 1. The summed E-state index contributed by atoms with van der Waals surface area (Å²) < 4.78 is 6.64. The van der Waals surface area contributed by atoms with Crippen molar-refractivity contribution in [3.8, 4) is 0 Å². The Kier molecular flexibility index (Phi) is 8.38. The number of carbonyl (C=O) groups excluding carboxylic acids is 1. The SMILES string of the molecule is COCCC(NC(=O)c1cccc(Cn2c(N)nc(CC(C)C)cc2=O)c1)c1ccccc1. The third kappa shape index (κ3) is 6.76. The number of hydrogen-bond donors (Lipinski definition) is 2. The van der Waals surface area contributed by atoms with Gasteiger partial charge in [-0.05, 0) is 42.0 Å². The summed E-state index contributed by atoms with van der Waals surface area (Å²) in [5.74, 6) is 0.371. The molecule has 33 heavy (non-hydrogen) atoms. The lowest BCUT2D eigenvalue weighted by molar-refractivity contribution is 0.0924. The fourth-order valence-electron chi connectivity index (χ4n) is 3.73. The van der Waals surface area contributed by atoms with Gasteiger partial charge in [-0.2, -0.15) is 0 Å². The number of carbonyl (C=O) groups is 1. The minimum atomic E-state index is -0.197. The average Bonchev–Trinajstić information content (AvgIpc) is 2.79. The molecule has 0 saturated heterocycles. The first-order chi connectivity index (χ1) is 15.9. The third-order valence-corrected chi connectivity index (χ3v) is 5.36. The molecule has 3 N–H and O–H groups in total. The second kappa shape index (κ2) is 11.4. The van der Waals surface area contributed by atoms with Gasteiger partial charge in [-0.3, -0.25) is 14.2 Å². The summed E-state index contributed by atoms with van der Waals surface area (Å²) in [5, 5.41) is 3.10. The second-order valence-electron chi connectivity index (χ2n) is 8.55. The van der Waals surface area contributed by atoms with Gasteiger partial charge >= 0.3 is 0 Å². The van der Waals surface area contributed by atoms with E-state index in [0.29, 0.717) is 36.6 Å². The Morgan fingerprint density at radius 3 is 2.55 bits per heavy atom. The zero-order valence-electron chi connectivity index (χ0n) is 19.5. The molecule has 2 aromatic carbocycles.